The molecule has 0 bridgehead atoms. The Kier molecular flexibility index (Phi) is 6.40. The van der Waals surface area contributed by atoms with Crippen molar-refractivity contribution in [3.05, 3.63) is 12.7 Å². The molecule has 1 aliphatic heterocycles. The molecule has 0 N–H and O–H groups in total. The lowest BCUT2D eigenvalue weighted by molar-refractivity contribution is -0.147. The van der Waals surface area contributed by atoms with Crippen LogP contribution in [0, 0.1) is 5.92 Å². The summed E-state index contributed by atoms with van der Waals surface area (Å²) in [7, 11) is -2.56. The summed E-state index contributed by atoms with van der Waals surface area (Å²) < 4.78 is 38.1. The third-order valence-electron chi connectivity index (χ3n) is 3.40. The van der Waals surface area contributed by atoms with Crippen molar-refractivity contribution in [2.75, 3.05) is 19.9 Å². The molecule has 0 saturated carbocycles. The molecule has 0 spiro atoms. The molecule has 8 nitrogen and oxygen atoms in total. The lowest BCUT2D eigenvalue weighted by atomic mass is 9.94. The highest BCUT2D eigenvalue weighted by molar-refractivity contribution is 7.86. The minimum absolute atomic E-state index is 0.0970. The summed E-state index contributed by atoms with van der Waals surface area (Å²) in [5.41, 5.74) is -0.762. The quantitative estimate of drug-likeness (QED) is 0.412. The molecule has 0 radical (unpaired) electrons. The van der Waals surface area contributed by atoms with E-state index >= 15 is 0 Å². The number of methoxy groups -OCH3 is 1. The summed E-state index contributed by atoms with van der Waals surface area (Å²) in [4.78, 5) is 25.8. The van der Waals surface area contributed by atoms with Crippen LogP contribution >= 0.6 is 0 Å². The zero-order valence-corrected chi connectivity index (χ0v) is 15.5. The summed E-state index contributed by atoms with van der Waals surface area (Å²) in [5.74, 6) is -1.26. The number of hydrogen-bond donors (Lipinski definition) is 0. The van der Waals surface area contributed by atoms with Crippen molar-refractivity contribution in [2.24, 2.45) is 5.92 Å². The largest absolute Gasteiger partial charge is 0.467 e. The van der Waals surface area contributed by atoms with Crippen molar-refractivity contribution >= 4 is 22.2 Å². The highest BCUT2D eigenvalue weighted by Crippen LogP contribution is 2.33. The summed E-state index contributed by atoms with van der Waals surface area (Å²) in [5, 5.41) is 0. The van der Waals surface area contributed by atoms with Crippen molar-refractivity contribution in [3.8, 4) is 0 Å². The van der Waals surface area contributed by atoms with Crippen LogP contribution in [0.1, 0.15) is 27.2 Å². The lowest BCUT2D eigenvalue weighted by Crippen LogP contribution is -2.46. The molecule has 24 heavy (non-hydrogen) atoms. The molecule has 3 atom stereocenters. The molecule has 1 heterocycles. The predicted octanol–water partition coefficient (Wildman–Crippen LogP) is 1.32. The van der Waals surface area contributed by atoms with Gasteiger partial charge in [0, 0.05) is 5.92 Å². The molecule has 0 aromatic heterocycles. The van der Waals surface area contributed by atoms with E-state index in [0.717, 1.165) is 11.2 Å². The zero-order valence-electron chi connectivity index (χ0n) is 14.6. The van der Waals surface area contributed by atoms with Gasteiger partial charge >= 0.3 is 12.1 Å². The molecule has 1 amide bonds. The molecule has 0 aliphatic carbocycles. The van der Waals surface area contributed by atoms with E-state index in [1.165, 1.54) is 13.2 Å². The van der Waals surface area contributed by atoms with Crippen molar-refractivity contribution in [1.29, 1.82) is 0 Å². The molecule has 2 unspecified atom stereocenters. The molecular weight excluding hydrogens is 338 g/mol. The van der Waals surface area contributed by atoms with Crippen LogP contribution in [0.15, 0.2) is 12.7 Å². The van der Waals surface area contributed by atoms with Gasteiger partial charge in [0.05, 0.1) is 19.9 Å². The van der Waals surface area contributed by atoms with Crippen molar-refractivity contribution in [1.82, 2.24) is 4.90 Å². The molecular formula is C15H25NO7S. The first-order chi connectivity index (χ1) is 10.9. The second-order valence-corrected chi connectivity index (χ2v) is 8.23. The maximum Gasteiger partial charge on any atom is 0.411 e. The predicted molar refractivity (Wildman–Crippen MR) is 86.8 cm³/mol. The van der Waals surface area contributed by atoms with Gasteiger partial charge in [-0.2, -0.15) is 8.42 Å². The average Bonchev–Trinajstić information content (AvgIpc) is 2.73. The number of allylic oxidation sites excluding steroid dienone is 1. The van der Waals surface area contributed by atoms with E-state index in [0.29, 0.717) is 0 Å². The number of hydrogen-bond acceptors (Lipinski definition) is 7. The Morgan fingerprint density at radius 3 is 2.33 bits per heavy atom. The van der Waals surface area contributed by atoms with Crippen molar-refractivity contribution < 1.29 is 31.7 Å². The topological polar surface area (TPSA) is 99.2 Å². The summed E-state index contributed by atoms with van der Waals surface area (Å²) in [6.45, 7) is 8.60. The Labute approximate surface area is 142 Å². The summed E-state index contributed by atoms with van der Waals surface area (Å²) in [6.07, 6.45) is 1.12. The van der Waals surface area contributed by atoms with Gasteiger partial charge in [0.15, 0.2) is 0 Å². The third-order valence-corrected chi connectivity index (χ3v) is 4.00. The van der Waals surface area contributed by atoms with Gasteiger partial charge in [0.1, 0.15) is 17.7 Å². The second kappa shape index (κ2) is 7.52. The fourth-order valence-corrected chi connectivity index (χ4v) is 3.26. The van der Waals surface area contributed by atoms with E-state index in [1.54, 1.807) is 20.8 Å². The minimum Gasteiger partial charge on any atom is -0.467 e. The van der Waals surface area contributed by atoms with Gasteiger partial charge < -0.3 is 9.47 Å². The fraction of sp³-hybridized carbons (Fsp3) is 0.733. The Bertz CT molecular complexity index is 593. The van der Waals surface area contributed by atoms with E-state index in [9.17, 15) is 18.0 Å². The molecule has 1 saturated heterocycles. The normalized spacial score (nSPS) is 24.5. The number of likely N-dealkylation sites (tertiary alicyclic amines) is 1. The van der Waals surface area contributed by atoms with Crippen LogP contribution in [0.5, 0.6) is 0 Å². The first kappa shape index (κ1) is 20.4. The Hall–Kier alpha value is -1.61. The Morgan fingerprint density at radius 1 is 1.33 bits per heavy atom. The van der Waals surface area contributed by atoms with Crippen LogP contribution in [-0.2, 0) is 28.6 Å². The average molecular weight is 363 g/mol. The first-order valence-electron chi connectivity index (χ1n) is 7.46. The number of carbonyl (C=O) groups is 2. The molecule has 0 aromatic rings. The smallest absolute Gasteiger partial charge is 0.411 e. The zero-order chi connectivity index (χ0) is 18.7. The standard InChI is InChI=1S/C15H25NO7S/c1-7-8-10-11(23-24(6,19)20)9-16(12(10)13(17)21-5)14(18)22-15(2,3)4/h7,10-12H,1,8-9H2,2-6H3/t10?,11?,12-/m0/s1. The van der Waals surface area contributed by atoms with Gasteiger partial charge in [-0.1, -0.05) is 6.08 Å². The van der Waals surface area contributed by atoms with E-state index in [-0.39, 0.29) is 13.0 Å². The van der Waals surface area contributed by atoms with Crippen LogP contribution in [-0.4, -0.2) is 63.0 Å². The monoisotopic (exact) mass is 363 g/mol. The van der Waals surface area contributed by atoms with Crippen LogP contribution in [0.3, 0.4) is 0 Å². The summed E-state index contributed by atoms with van der Waals surface area (Å²) >= 11 is 0. The van der Waals surface area contributed by atoms with Gasteiger partial charge in [-0.25, -0.2) is 9.59 Å². The van der Waals surface area contributed by atoms with Gasteiger partial charge in [0.2, 0.25) is 0 Å². The maximum absolute atomic E-state index is 12.4. The molecule has 138 valence electrons. The van der Waals surface area contributed by atoms with Gasteiger partial charge in [0.25, 0.3) is 10.1 Å². The summed E-state index contributed by atoms with van der Waals surface area (Å²) in [6, 6.07) is -1.01. The van der Waals surface area contributed by atoms with Gasteiger partial charge in [-0.05, 0) is 27.2 Å². The highest BCUT2D eigenvalue weighted by Gasteiger charge is 2.50. The number of rotatable bonds is 5. The number of carbonyl (C=O) groups excluding carboxylic acids is 2. The van der Waals surface area contributed by atoms with Crippen LogP contribution in [0.2, 0.25) is 0 Å². The second-order valence-electron chi connectivity index (χ2n) is 6.63. The van der Waals surface area contributed by atoms with Crippen molar-refractivity contribution in [3.63, 3.8) is 0 Å². The minimum atomic E-state index is -3.76. The highest BCUT2D eigenvalue weighted by atomic mass is 32.2. The van der Waals surface area contributed by atoms with Crippen LogP contribution in [0.25, 0.3) is 0 Å². The van der Waals surface area contributed by atoms with Gasteiger partial charge in [-0.15, -0.1) is 6.58 Å². The Balaban J connectivity index is 3.18. The molecule has 1 fully saturated rings. The molecule has 0 aromatic carbocycles. The van der Waals surface area contributed by atoms with Crippen LogP contribution in [0.4, 0.5) is 4.79 Å². The Morgan fingerprint density at radius 2 is 1.92 bits per heavy atom. The third kappa shape index (κ3) is 5.48. The van der Waals surface area contributed by atoms with E-state index in [2.05, 4.69) is 6.58 Å². The number of amides is 1. The number of nitrogens with zero attached hydrogens (tertiary/aromatic N) is 1. The van der Waals surface area contributed by atoms with E-state index in [4.69, 9.17) is 13.7 Å². The van der Waals surface area contributed by atoms with E-state index < -0.39 is 45.8 Å². The molecule has 1 aliphatic rings. The molecule has 1 rings (SSSR count). The maximum atomic E-state index is 12.4. The SMILES string of the molecule is C=CCC1C(OS(C)(=O)=O)CN(C(=O)OC(C)(C)C)[C@@H]1C(=O)OC. The number of ether oxygens (including phenoxy) is 2. The molecule has 9 heteroatoms. The van der Waals surface area contributed by atoms with E-state index in [1.807, 2.05) is 0 Å². The first-order valence-corrected chi connectivity index (χ1v) is 9.28. The fourth-order valence-electron chi connectivity index (χ4n) is 2.61. The number of esters is 1. The van der Waals surface area contributed by atoms with Crippen LogP contribution < -0.4 is 0 Å². The lowest BCUT2D eigenvalue weighted by Gasteiger charge is -2.28. The van der Waals surface area contributed by atoms with Crippen molar-refractivity contribution in [2.45, 2.75) is 44.9 Å². The van der Waals surface area contributed by atoms with Gasteiger partial charge in [-0.3, -0.25) is 9.08 Å².